The molecule has 1 fully saturated rings. The molecule has 2 N–H and O–H groups in total. The first kappa shape index (κ1) is 9.76. The van der Waals surface area contributed by atoms with Crippen LogP contribution in [0.1, 0.15) is 29.2 Å². The number of hydrogen-bond donors (Lipinski definition) is 2. The molecule has 0 atom stereocenters. The molecule has 1 saturated carbocycles. The van der Waals surface area contributed by atoms with Crippen LogP contribution in [0, 0.1) is 5.92 Å². The Hall–Kier alpha value is -1.78. The van der Waals surface area contributed by atoms with E-state index in [4.69, 9.17) is 9.52 Å². The van der Waals surface area contributed by atoms with E-state index < -0.39 is 5.97 Å². The molecule has 5 nitrogen and oxygen atoms in total. The average Bonchev–Trinajstić information content (AvgIpc) is 2.93. The molecule has 1 aromatic heterocycles. The Labute approximate surface area is 86.1 Å². The number of carbonyl (C=O) groups excluding carboxylic acids is 1. The molecule has 0 spiro atoms. The van der Waals surface area contributed by atoms with Crippen molar-refractivity contribution in [3.63, 3.8) is 0 Å². The SMILES string of the molecule is O=C(O)c1ccc(CNC(=O)C2CC2)o1. The Bertz CT molecular complexity index is 392. The molecular formula is C10H11NO4. The molecule has 0 bridgehead atoms. The van der Waals surface area contributed by atoms with Gasteiger partial charge in [-0.1, -0.05) is 0 Å². The van der Waals surface area contributed by atoms with Crippen molar-refractivity contribution in [3.8, 4) is 0 Å². The Balaban J connectivity index is 1.87. The van der Waals surface area contributed by atoms with Gasteiger partial charge in [0, 0.05) is 5.92 Å². The summed E-state index contributed by atoms with van der Waals surface area (Å²) < 4.78 is 4.98. The minimum Gasteiger partial charge on any atom is -0.475 e. The molecule has 1 amide bonds. The molecule has 0 radical (unpaired) electrons. The lowest BCUT2D eigenvalue weighted by atomic mass is 10.3. The summed E-state index contributed by atoms with van der Waals surface area (Å²) in [5, 5.41) is 11.3. The number of carboxylic acids is 1. The van der Waals surface area contributed by atoms with Crippen LogP contribution in [0.25, 0.3) is 0 Å². The Morgan fingerprint density at radius 1 is 1.47 bits per heavy atom. The van der Waals surface area contributed by atoms with E-state index in [1.54, 1.807) is 6.07 Å². The van der Waals surface area contributed by atoms with Crippen LogP contribution in [-0.4, -0.2) is 17.0 Å². The number of hydrogen-bond acceptors (Lipinski definition) is 3. The van der Waals surface area contributed by atoms with Gasteiger partial charge in [-0.25, -0.2) is 4.79 Å². The van der Waals surface area contributed by atoms with Gasteiger partial charge in [0.25, 0.3) is 0 Å². The van der Waals surface area contributed by atoms with Crippen LogP contribution in [0.15, 0.2) is 16.5 Å². The highest BCUT2D eigenvalue weighted by Crippen LogP contribution is 2.28. The first-order valence-electron chi connectivity index (χ1n) is 4.76. The van der Waals surface area contributed by atoms with Crippen molar-refractivity contribution in [2.24, 2.45) is 5.92 Å². The second kappa shape index (κ2) is 3.76. The van der Waals surface area contributed by atoms with Crippen molar-refractivity contribution >= 4 is 11.9 Å². The summed E-state index contributed by atoms with van der Waals surface area (Å²) >= 11 is 0. The first-order chi connectivity index (χ1) is 7.16. The number of carbonyl (C=O) groups is 2. The van der Waals surface area contributed by atoms with Crippen molar-refractivity contribution in [1.82, 2.24) is 5.32 Å². The zero-order chi connectivity index (χ0) is 10.8. The van der Waals surface area contributed by atoms with E-state index in [-0.39, 0.29) is 24.1 Å². The van der Waals surface area contributed by atoms with Crippen molar-refractivity contribution in [2.75, 3.05) is 0 Å². The van der Waals surface area contributed by atoms with Gasteiger partial charge in [0.2, 0.25) is 11.7 Å². The average molecular weight is 209 g/mol. The standard InChI is InChI=1S/C10H11NO4/c12-9(6-1-2-6)11-5-7-3-4-8(15-7)10(13)14/h3-4,6H,1-2,5H2,(H,11,12)(H,13,14). The molecule has 80 valence electrons. The molecule has 0 unspecified atom stereocenters. The van der Waals surface area contributed by atoms with Gasteiger partial charge in [-0.15, -0.1) is 0 Å². The van der Waals surface area contributed by atoms with Gasteiger partial charge in [0.05, 0.1) is 6.54 Å². The molecule has 1 aromatic rings. The van der Waals surface area contributed by atoms with Crippen LogP contribution in [0.2, 0.25) is 0 Å². The highest BCUT2D eigenvalue weighted by Gasteiger charge is 2.29. The van der Waals surface area contributed by atoms with Crippen molar-refractivity contribution in [1.29, 1.82) is 0 Å². The lowest BCUT2D eigenvalue weighted by Crippen LogP contribution is -2.23. The van der Waals surface area contributed by atoms with Crippen molar-refractivity contribution < 1.29 is 19.1 Å². The second-order valence-corrected chi connectivity index (χ2v) is 3.56. The maximum absolute atomic E-state index is 11.3. The molecule has 15 heavy (non-hydrogen) atoms. The maximum Gasteiger partial charge on any atom is 0.371 e. The fourth-order valence-corrected chi connectivity index (χ4v) is 1.25. The molecule has 1 aliphatic carbocycles. The third-order valence-electron chi connectivity index (χ3n) is 2.26. The summed E-state index contributed by atoms with van der Waals surface area (Å²) in [6.45, 7) is 0.253. The molecule has 0 aliphatic heterocycles. The Morgan fingerprint density at radius 2 is 2.20 bits per heavy atom. The van der Waals surface area contributed by atoms with Crippen molar-refractivity contribution in [2.45, 2.75) is 19.4 Å². The molecule has 1 aliphatic rings. The summed E-state index contributed by atoms with van der Waals surface area (Å²) in [6, 6.07) is 2.93. The van der Waals surface area contributed by atoms with Crippen LogP contribution < -0.4 is 5.32 Å². The molecule has 2 rings (SSSR count). The largest absolute Gasteiger partial charge is 0.475 e. The van der Waals surface area contributed by atoms with Crippen LogP contribution in [-0.2, 0) is 11.3 Å². The molecule has 0 aromatic carbocycles. The molecule has 5 heteroatoms. The second-order valence-electron chi connectivity index (χ2n) is 3.56. The number of furan rings is 1. The highest BCUT2D eigenvalue weighted by molar-refractivity contribution is 5.84. The fourth-order valence-electron chi connectivity index (χ4n) is 1.25. The lowest BCUT2D eigenvalue weighted by molar-refractivity contribution is -0.122. The zero-order valence-corrected chi connectivity index (χ0v) is 8.03. The van der Waals surface area contributed by atoms with E-state index in [2.05, 4.69) is 5.32 Å². The quantitative estimate of drug-likeness (QED) is 0.775. The van der Waals surface area contributed by atoms with Gasteiger partial charge in [0.1, 0.15) is 5.76 Å². The number of carboxylic acid groups (broad SMARTS) is 1. The first-order valence-corrected chi connectivity index (χ1v) is 4.76. The third kappa shape index (κ3) is 2.37. The van der Waals surface area contributed by atoms with Gasteiger partial charge in [-0.3, -0.25) is 4.79 Å². The predicted octanol–water partition coefficient (Wildman–Crippen LogP) is 1.00. The van der Waals surface area contributed by atoms with E-state index in [1.165, 1.54) is 6.07 Å². The number of aromatic carboxylic acids is 1. The fraction of sp³-hybridized carbons (Fsp3) is 0.400. The summed E-state index contributed by atoms with van der Waals surface area (Å²) in [5.74, 6) is -0.580. The minimum absolute atomic E-state index is 0.0169. The van der Waals surface area contributed by atoms with Crippen LogP contribution >= 0.6 is 0 Å². The molecule has 0 saturated heterocycles. The van der Waals surface area contributed by atoms with Gasteiger partial charge >= 0.3 is 5.97 Å². The van der Waals surface area contributed by atoms with E-state index in [9.17, 15) is 9.59 Å². The van der Waals surface area contributed by atoms with Gasteiger partial charge in [-0.05, 0) is 25.0 Å². The topological polar surface area (TPSA) is 79.5 Å². The number of rotatable bonds is 4. The van der Waals surface area contributed by atoms with Crippen LogP contribution in [0.4, 0.5) is 0 Å². The van der Waals surface area contributed by atoms with Gasteiger partial charge < -0.3 is 14.8 Å². The summed E-state index contributed by atoms with van der Waals surface area (Å²) in [4.78, 5) is 21.7. The lowest BCUT2D eigenvalue weighted by Gasteiger charge is -2.00. The van der Waals surface area contributed by atoms with Crippen LogP contribution in [0.5, 0.6) is 0 Å². The van der Waals surface area contributed by atoms with Crippen molar-refractivity contribution in [3.05, 3.63) is 23.7 Å². The third-order valence-corrected chi connectivity index (χ3v) is 2.26. The smallest absolute Gasteiger partial charge is 0.371 e. The highest BCUT2D eigenvalue weighted by atomic mass is 16.4. The Morgan fingerprint density at radius 3 is 2.73 bits per heavy atom. The maximum atomic E-state index is 11.3. The monoisotopic (exact) mass is 209 g/mol. The van der Waals surface area contributed by atoms with E-state index in [0.29, 0.717) is 5.76 Å². The molecule has 1 heterocycles. The van der Waals surface area contributed by atoms with E-state index >= 15 is 0 Å². The number of amides is 1. The van der Waals surface area contributed by atoms with Crippen LogP contribution in [0.3, 0.4) is 0 Å². The summed E-state index contributed by atoms with van der Waals surface area (Å²) in [7, 11) is 0. The Kier molecular flexibility index (Phi) is 2.45. The normalized spacial score (nSPS) is 14.9. The molecular weight excluding hydrogens is 198 g/mol. The van der Waals surface area contributed by atoms with E-state index in [0.717, 1.165) is 12.8 Å². The zero-order valence-electron chi connectivity index (χ0n) is 8.03. The summed E-state index contributed by atoms with van der Waals surface area (Å²) in [5.41, 5.74) is 0. The van der Waals surface area contributed by atoms with Gasteiger partial charge in [-0.2, -0.15) is 0 Å². The van der Waals surface area contributed by atoms with Gasteiger partial charge in [0.15, 0.2) is 0 Å². The van der Waals surface area contributed by atoms with E-state index in [1.807, 2.05) is 0 Å². The summed E-state index contributed by atoms with van der Waals surface area (Å²) in [6.07, 6.45) is 1.90. The predicted molar refractivity (Wildman–Crippen MR) is 50.2 cm³/mol. The minimum atomic E-state index is -1.10. The number of nitrogens with one attached hydrogen (secondary N) is 1.